The summed E-state index contributed by atoms with van der Waals surface area (Å²) in [6, 6.07) is 3.31. The van der Waals surface area contributed by atoms with Gasteiger partial charge in [0.1, 0.15) is 17.4 Å². The molecule has 2 atom stereocenters. The Morgan fingerprint density at radius 3 is 2.52 bits per heavy atom. The van der Waals surface area contributed by atoms with Crippen LogP contribution in [-0.2, 0) is 4.74 Å². The first-order valence-corrected chi connectivity index (χ1v) is 7.86. The van der Waals surface area contributed by atoms with E-state index in [9.17, 15) is 18.7 Å². The van der Waals surface area contributed by atoms with Crippen LogP contribution < -0.4 is 0 Å². The van der Waals surface area contributed by atoms with Crippen LogP contribution in [0.4, 0.5) is 13.6 Å². The van der Waals surface area contributed by atoms with Crippen molar-refractivity contribution >= 4 is 6.09 Å². The Morgan fingerprint density at radius 1 is 1.39 bits per heavy atom. The molecule has 1 fully saturated rings. The number of hydrogen-bond donors (Lipinski definition) is 1. The van der Waals surface area contributed by atoms with E-state index in [4.69, 9.17) is 4.74 Å². The first-order valence-electron chi connectivity index (χ1n) is 7.86. The number of amides is 1. The molecule has 1 N–H and O–H groups in total. The molecule has 1 aromatic carbocycles. The fourth-order valence-corrected chi connectivity index (χ4v) is 3.29. The Kier molecular flexibility index (Phi) is 5.24. The first kappa shape index (κ1) is 17.7. The van der Waals surface area contributed by atoms with Gasteiger partial charge < -0.3 is 9.84 Å². The van der Waals surface area contributed by atoms with E-state index in [-0.39, 0.29) is 12.0 Å². The minimum atomic E-state index is -1.01. The van der Waals surface area contributed by atoms with Gasteiger partial charge in [0.15, 0.2) is 0 Å². The average Bonchev–Trinajstić information content (AvgIpc) is 2.73. The molecule has 128 valence electrons. The molecule has 0 aromatic heterocycles. The Bertz CT molecular complexity index is 557. The SMILES string of the molecule is CCC(CC[C@H]1COC(C)(C)N1C(=O)O)c1cc(F)cc(F)c1. The van der Waals surface area contributed by atoms with Gasteiger partial charge in [0, 0.05) is 6.07 Å². The van der Waals surface area contributed by atoms with Crippen LogP contribution in [0.3, 0.4) is 0 Å². The molecule has 0 bridgehead atoms. The van der Waals surface area contributed by atoms with E-state index < -0.39 is 23.5 Å². The van der Waals surface area contributed by atoms with Crippen molar-refractivity contribution < 1.29 is 23.4 Å². The second-order valence-corrected chi connectivity index (χ2v) is 6.45. The summed E-state index contributed by atoms with van der Waals surface area (Å²) >= 11 is 0. The highest BCUT2D eigenvalue weighted by Gasteiger charge is 2.43. The maximum absolute atomic E-state index is 13.4. The lowest BCUT2D eigenvalue weighted by molar-refractivity contribution is -0.0422. The van der Waals surface area contributed by atoms with Gasteiger partial charge in [-0.15, -0.1) is 0 Å². The fourth-order valence-electron chi connectivity index (χ4n) is 3.29. The normalized spacial score (nSPS) is 21.4. The van der Waals surface area contributed by atoms with Gasteiger partial charge in [-0.3, -0.25) is 4.90 Å². The highest BCUT2D eigenvalue weighted by atomic mass is 19.1. The molecule has 1 unspecified atom stereocenters. The van der Waals surface area contributed by atoms with E-state index in [1.54, 1.807) is 13.8 Å². The van der Waals surface area contributed by atoms with Gasteiger partial charge in [-0.05, 0) is 56.7 Å². The van der Waals surface area contributed by atoms with Gasteiger partial charge in [0.05, 0.1) is 12.6 Å². The summed E-state index contributed by atoms with van der Waals surface area (Å²) in [7, 11) is 0. The van der Waals surface area contributed by atoms with Gasteiger partial charge >= 0.3 is 6.09 Å². The van der Waals surface area contributed by atoms with Crippen molar-refractivity contribution in [3.8, 4) is 0 Å². The lowest BCUT2D eigenvalue weighted by Crippen LogP contribution is -2.47. The summed E-state index contributed by atoms with van der Waals surface area (Å²) in [6.45, 7) is 5.74. The van der Waals surface area contributed by atoms with E-state index >= 15 is 0 Å². The number of ether oxygens (including phenoxy) is 1. The molecule has 4 nitrogen and oxygen atoms in total. The topological polar surface area (TPSA) is 49.8 Å². The lowest BCUT2D eigenvalue weighted by Gasteiger charge is -2.31. The summed E-state index contributed by atoms with van der Waals surface area (Å²) in [4.78, 5) is 12.8. The maximum atomic E-state index is 13.4. The van der Waals surface area contributed by atoms with Crippen molar-refractivity contribution in [3.63, 3.8) is 0 Å². The zero-order valence-electron chi connectivity index (χ0n) is 13.7. The smallest absolute Gasteiger partial charge is 0.409 e. The zero-order chi connectivity index (χ0) is 17.2. The third-order valence-electron chi connectivity index (χ3n) is 4.48. The lowest BCUT2D eigenvalue weighted by atomic mass is 9.90. The second kappa shape index (κ2) is 6.83. The minimum absolute atomic E-state index is 0.0143. The van der Waals surface area contributed by atoms with Gasteiger partial charge in [0.2, 0.25) is 0 Å². The number of benzene rings is 1. The Morgan fingerprint density at radius 2 is 2.00 bits per heavy atom. The van der Waals surface area contributed by atoms with Gasteiger partial charge in [-0.25, -0.2) is 13.6 Å². The summed E-state index contributed by atoms with van der Waals surface area (Å²) in [5.74, 6) is -1.19. The van der Waals surface area contributed by atoms with Gasteiger partial charge in [0.25, 0.3) is 0 Å². The molecule has 2 rings (SSSR count). The number of rotatable bonds is 5. The Hall–Kier alpha value is -1.69. The predicted octanol–water partition coefficient (Wildman–Crippen LogP) is 4.35. The van der Waals surface area contributed by atoms with Gasteiger partial charge in [-0.1, -0.05) is 6.92 Å². The average molecular weight is 327 g/mol. The van der Waals surface area contributed by atoms with Crippen LogP contribution in [-0.4, -0.2) is 34.5 Å². The number of halogens is 2. The molecule has 0 aliphatic carbocycles. The minimum Gasteiger partial charge on any atom is -0.465 e. The predicted molar refractivity (Wildman–Crippen MR) is 82.3 cm³/mol. The van der Waals surface area contributed by atoms with Crippen LogP contribution in [0.25, 0.3) is 0 Å². The molecule has 0 radical (unpaired) electrons. The standard InChI is InChI=1S/C17H23F2NO3/c1-4-11(12-7-13(18)9-14(19)8-12)5-6-15-10-23-17(2,3)20(15)16(21)22/h7-9,11,15H,4-6,10H2,1-3H3,(H,21,22)/t11?,15-/m0/s1. The molecule has 1 saturated heterocycles. The zero-order valence-corrected chi connectivity index (χ0v) is 13.7. The molecule has 6 heteroatoms. The van der Waals surface area contributed by atoms with Crippen LogP contribution in [0.1, 0.15) is 51.5 Å². The molecule has 23 heavy (non-hydrogen) atoms. The molecule has 1 heterocycles. The number of carboxylic acid groups (broad SMARTS) is 1. The summed E-state index contributed by atoms with van der Waals surface area (Å²) in [6.07, 6.45) is 0.953. The summed E-state index contributed by atoms with van der Waals surface area (Å²) in [5, 5.41) is 9.38. The van der Waals surface area contributed by atoms with Crippen LogP contribution in [0.2, 0.25) is 0 Å². The van der Waals surface area contributed by atoms with Crippen molar-refractivity contribution in [1.29, 1.82) is 0 Å². The van der Waals surface area contributed by atoms with Crippen LogP contribution >= 0.6 is 0 Å². The molecule has 1 aliphatic rings. The van der Waals surface area contributed by atoms with Crippen molar-refractivity contribution in [2.24, 2.45) is 0 Å². The van der Waals surface area contributed by atoms with Crippen molar-refractivity contribution in [2.45, 2.75) is 57.7 Å². The first-order chi connectivity index (χ1) is 10.7. The van der Waals surface area contributed by atoms with Crippen LogP contribution in [0.5, 0.6) is 0 Å². The highest BCUT2D eigenvalue weighted by Crippen LogP contribution is 2.33. The number of hydrogen-bond acceptors (Lipinski definition) is 2. The largest absolute Gasteiger partial charge is 0.465 e. The quantitative estimate of drug-likeness (QED) is 0.874. The van der Waals surface area contributed by atoms with Crippen molar-refractivity contribution in [2.75, 3.05) is 6.61 Å². The van der Waals surface area contributed by atoms with E-state index in [0.717, 1.165) is 12.5 Å². The molecule has 0 saturated carbocycles. The Balaban J connectivity index is 2.07. The molecule has 1 aliphatic heterocycles. The van der Waals surface area contributed by atoms with Crippen molar-refractivity contribution in [1.82, 2.24) is 4.90 Å². The third kappa shape index (κ3) is 3.99. The van der Waals surface area contributed by atoms with E-state index in [2.05, 4.69) is 0 Å². The highest BCUT2D eigenvalue weighted by molar-refractivity contribution is 5.66. The second-order valence-electron chi connectivity index (χ2n) is 6.45. The van der Waals surface area contributed by atoms with Crippen LogP contribution in [0.15, 0.2) is 18.2 Å². The number of nitrogens with zero attached hydrogens (tertiary/aromatic N) is 1. The third-order valence-corrected chi connectivity index (χ3v) is 4.48. The molecule has 0 spiro atoms. The Labute approximate surface area is 135 Å². The maximum Gasteiger partial charge on any atom is 0.409 e. The molecule has 1 amide bonds. The summed E-state index contributed by atoms with van der Waals surface area (Å²) < 4.78 is 32.3. The molecular formula is C17H23F2NO3. The van der Waals surface area contributed by atoms with E-state index in [0.29, 0.717) is 25.0 Å². The number of carbonyl (C=O) groups is 1. The van der Waals surface area contributed by atoms with Gasteiger partial charge in [-0.2, -0.15) is 0 Å². The van der Waals surface area contributed by atoms with Crippen LogP contribution in [0, 0.1) is 11.6 Å². The molecule has 1 aromatic rings. The summed E-state index contributed by atoms with van der Waals surface area (Å²) in [5.41, 5.74) is -0.228. The fraction of sp³-hybridized carbons (Fsp3) is 0.588. The van der Waals surface area contributed by atoms with E-state index in [1.165, 1.54) is 17.0 Å². The molecular weight excluding hydrogens is 304 g/mol. The van der Waals surface area contributed by atoms with E-state index in [1.807, 2.05) is 6.92 Å². The van der Waals surface area contributed by atoms with Crippen molar-refractivity contribution in [3.05, 3.63) is 35.4 Å². The monoisotopic (exact) mass is 327 g/mol.